The fourth-order valence-corrected chi connectivity index (χ4v) is 1.57. The fourth-order valence-electron chi connectivity index (χ4n) is 1.57. The first-order valence-corrected chi connectivity index (χ1v) is 8.57. The summed E-state index contributed by atoms with van der Waals surface area (Å²) in [6, 6.07) is 4.46. The Morgan fingerprint density at radius 1 is 0.688 bits per heavy atom. The number of ether oxygens (including phenoxy) is 1. The second kappa shape index (κ2) is 16.1. The van der Waals surface area contributed by atoms with E-state index in [9.17, 15) is 4.79 Å². The van der Waals surface area contributed by atoms with Crippen molar-refractivity contribution in [3.63, 3.8) is 0 Å². The standard InChI is InChI=1S/C29H10O3/c1-3-4-5-6-7-8-9-10-11-12-13-14-15-16-17-18-19-20-21-24-32-28-23-22-27(29(30)31)25-26(28)2/h22-23,25H,1-2H3,(H,30,31). The van der Waals surface area contributed by atoms with Crippen LogP contribution in [0.1, 0.15) is 22.8 Å². The summed E-state index contributed by atoms with van der Waals surface area (Å²) in [5, 5.41) is 8.91. The number of carbonyl (C=O) groups is 1. The van der Waals surface area contributed by atoms with Gasteiger partial charge in [-0.15, -0.1) is 0 Å². The molecule has 0 radical (unpaired) electrons. The molecule has 0 saturated carbocycles. The number of aryl methyl sites for hydroxylation is 1. The zero-order chi connectivity index (χ0) is 23.3. The molecule has 0 amide bonds. The molecule has 0 saturated heterocycles. The van der Waals surface area contributed by atoms with Gasteiger partial charge in [0.15, 0.2) is 0 Å². The molecule has 3 heteroatoms. The van der Waals surface area contributed by atoms with Crippen molar-refractivity contribution in [3.05, 3.63) is 29.3 Å². The SMILES string of the molecule is CC#CC#CC#CC#CC#CC#CC#CC#CC#CC#COc1ccc(C(=O)O)cc1C. The van der Waals surface area contributed by atoms with Gasteiger partial charge in [-0.3, -0.25) is 0 Å². The molecule has 0 aliphatic carbocycles. The Morgan fingerprint density at radius 2 is 1.09 bits per heavy atom. The van der Waals surface area contributed by atoms with Gasteiger partial charge in [-0.1, -0.05) is 5.92 Å². The van der Waals surface area contributed by atoms with E-state index in [1.807, 2.05) is 0 Å². The smallest absolute Gasteiger partial charge is 0.335 e. The van der Waals surface area contributed by atoms with E-state index in [4.69, 9.17) is 9.84 Å². The molecule has 0 heterocycles. The number of carboxylic acid groups (broad SMARTS) is 1. The van der Waals surface area contributed by atoms with Crippen LogP contribution in [0.25, 0.3) is 0 Å². The third-order valence-electron chi connectivity index (χ3n) is 2.82. The molecule has 1 N–H and O–H groups in total. The van der Waals surface area contributed by atoms with Crippen LogP contribution in [-0.2, 0) is 0 Å². The van der Waals surface area contributed by atoms with Crippen molar-refractivity contribution in [2.45, 2.75) is 13.8 Å². The third kappa shape index (κ3) is 11.7. The molecule has 0 aromatic heterocycles. The quantitative estimate of drug-likeness (QED) is 0.766. The molecule has 0 fully saturated rings. The maximum absolute atomic E-state index is 10.9. The minimum Gasteiger partial charge on any atom is -0.478 e. The summed E-state index contributed by atoms with van der Waals surface area (Å²) in [7, 11) is 0. The first-order valence-electron chi connectivity index (χ1n) is 8.57. The van der Waals surface area contributed by atoms with Crippen LogP contribution in [0.2, 0.25) is 0 Å². The van der Waals surface area contributed by atoms with Crippen LogP contribution < -0.4 is 4.74 Å². The Kier molecular flexibility index (Phi) is 12.1. The number of rotatable bonds is 2. The molecular formula is C29H10O3. The Balaban J connectivity index is 2.49. The largest absolute Gasteiger partial charge is 0.478 e. The van der Waals surface area contributed by atoms with Crippen molar-refractivity contribution in [3.8, 4) is 124 Å². The average Bonchev–Trinajstić information content (AvgIpc) is 2.78. The zero-order valence-electron chi connectivity index (χ0n) is 17.0. The Hall–Kier alpha value is -5.91. The van der Waals surface area contributed by atoms with Gasteiger partial charge in [0, 0.05) is 59.2 Å². The van der Waals surface area contributed by atoms with Gasteiger partial charge in [0.2, 0.25) is 0 Å². The van der Waals surface area contributed by atoms with Crippen LogP contribution in [0.3, 0.4) is 0 Å². The number of hydrogen-bond donors (Lipinski definition) is 1. The highest BCUT2D eigenvalue weighted by molar-refractivity contribution is 5.88. The van der Waals surface area contributed by atoms with E-state index in [0.717, 1.165) is 0 Å². The van der Waals surface area contributed by atoms with Crippen molar-refractivity contribution in [1.82, 2.24) is 0 Å². The molecule has 0 bridgehead atoms. The number of hydrogen-bond acceptors (Lipinski definition) is 2. The normalized spacial score (nSPS) is 6.06. The van der Waals surface area contributed by atoms with E-state index in [1.54, 1.807) is 13.8 Å². The van der Waals surface area contributed by atoms with Gasteiger partial charge in [0.1, 0.15) is 11.9 Å². The zero-order valence-corrected chi connectivity index (χ0v) is 17.0. The highest BCUT2D eigenvalue weighted by Gasteiger charge is 2.05. The first-order chi connectivity index (χ1) is 15.6. The molecule has 0 atom stereocenters. The van der Waals surface area contributed by atoms with Gasteiger partial charge in [-0.2, -0.15) is 0 Å². The van der Waals surface area contributed by atoms with Crippen LogP contribution in [0, 0.1) is 126 Å². The second-order valence-corrected chi connectivity index (χ2v) is 4.99. The number of carboxylic acids is 1. The maximum atomic E-state index is 10.9. The molecule has 1 aromatic carbocycles. The van der Waals surface area contributed by atoms with Crippen molar-refractivity contribution < 1.29 is 14.6 Å². The summed E-state index contributed by atoms with van der Waals surface area (Å²) in [6.07, 6.45) is 2.40. The van der Waals surface area contributed by atoms with E-state index >= 15 is 0 Å². The summed E-state index contributed by atoms with van der Waals surface area (Å²) in [6.45, 7) is 3.41. The molecule has 0 unspecified atom stereocenters. The number of benzene rings is 1. The van der Waals surface area contributed by atoms with Crippen molar-refractivity contribution in [2.24, 2.45) is 0 Å². The molecule has 1 rings (SSSR count). The summed E-state index contributed by atoms with van der Waals surface area (Å²) < 4.78 is 5.21. The molecule has 0 aliphatic heterocycles. The van der Waals surface area contributed by atoms with Crippen LogP contribution in [0.4, 0.5) is 0 Å². The fraction of sp³-hybridized carbons (Fsp3) is 0.0690. The first kappa shape index (κ1) is 24.1. The highest BCUT2D eigenvalue weighted by atomic mass is 16.5. The lowest BCUT2D eigenvalue weighted by Gasteiger charge is -2.02. The van der Waals surface area contributed by atoms with Crippen molar-refractivity contribution in [2.75, 3.05) is 0 Å². The molecule has 144 valence electrons. The van der Waals surface area contributed by atoms with Crippen molar-refractivity contribution in [1.29, 1.82) is 0 Å². The Labute approximate surface area is 188 Å². The molecule has 0 aliphatic rings. The third-order valence-corrected chi connectivity index (χ3v) is 2.82. The lowest BCUT2D eigenvalue weighted by Crippen LogP contribution is -1.97. The summed E-state index contributed by atoms with van der Waals surface area (Å²) in [4.78, 5) is 10.9. The Bertz CT molecular complexity index is 1540. The molecule has 3 nitrogen and oxygen atoms in total. The maximum Gasteiger partial charge on any atom is 0.335 e. The molecular weight excluding hydrogens is 396 g/mol. The lowest BCUT2D eigenvalue weighted by molar-refractivity contribution is 0.0696. The van der Waals surface area contributed by atoms with Crippen LogP contribution >= 0.6 is 0 Å². The lowest BCUT2D eigenvalue weighted by atomic mass is 10.1. The predicted molar refractivity (Wildman–Crippen MR) is 122 cm³/mol. The molecule has 32 heavy (non-hydrogen) atoms. The highest BCUT2D eigenvalue weighted by Crippen LogP contribution is 2.18. The monoisotopic (exact) mass is 406 g/mol. The minimum absolute atomic E-state index is 0.176. The summed E-state index contributed by atoms with van der Waals surface area (Å²) >= 11 is 0. The van der Waals surface area contributed by atoms with Crippen LogP contribution in [0.5, 0.6) is 5.75 Å². The van der Waals surface area contributed by atoms with Crippen LogP contribution in [-0.4, -0.2) is 11.1 Å². The van der Waals surface area contributed by atoms with Crippen molar-refractivity contribution >= 4 is 5.97 Å². The van der Waals surface area contributed by atoms with Gasteiger partial charge in [0.25, 0.3) is 0 Å². The van der Waals surface area contributed by atoms with Gasteiger partial charge in [-0.25, -0.2) is 4.79 Å². The number of aromatic carboxylic acids is 1. The van der Waals surface area contributed by atoms with E-state index in [2.05, 4.69) is 119 Å². The Morgan fingerprint density at radius 3 is 1.47 bits per heavy atom. The van der Waals surface area contributed by atoms with Gasteiger partial charge in [0.05, 0.1) is 5.56 Å². The predicted octanol–water partition coefficient (Wildman–Crippen LogP) is 2.08. The van der Waals surface area contributed by atoms with E-state index in [1.165, 1.54) is 18.2 Å². The van der Waals surface area contributed by atoms with E-state index in [0.29, 0.717) is 11.3 Å². The van der Waals surface area contributed by atoms with Gasteiger partial charge >= 0.3 is 5.97 Å². The topological polar surface area (TPSA) is 46.5 Å². The van der Waals surface area contributed by atoms with Gasteiger partial charge < -0.3 is 9.84 Å². The van der Waals surface area contributed by atoms with E-state index in [-0.39, 0.29) is 5.56 Å². The second-order valence-electron chi connectivity index (χ2n) is 4.99. The summed E-state index contributed by atoms with van der Waals surface area (Å²) in [5.41, 5.74) is 0.826. The molecule has 0 spiro atoms. The average molecular weight is 406 g/mol. The van der Waals surface area contributed by atoms with E-state index < -0.39 is 5.97 Å². The van der Waals surface area contributed by atoms with Crippen LogP contribution in [0.15, 0.2) is 18.2 Å². The minimum atomic E-state index is -1.01. The summed E-state index contributed by atoms with van der Waals surface area (Å²) in [5.74, 6) is 47.1. The van der Waals surface area contributed by atoms with Gasteiger partial charge in [-0.05, 0) is 85.0 Å². The molecule has 1 aromatic rings.